The topological polar surface area (TPSA) is 96.7 Å². The summed E-state index contributed by atoms with van der Waals surface area (Å²) in [5.74, 6) is -0.0752. The number of imide groups is 1. The Morgan fingerprint density at radius 1 is 1.19 bits per heavy atom. The van der Waals surface area contributed by atoms with E-state index in [4.69, 9.17) is 4.74 Å². The largest absolute Gasteiger partial charge is 0.481 e. The van der Waals surface area contributed by atoms with E-state index in [1.165, 1.54) is 0 Å². The van der Waals surface area contributed by atoms with Crippen molar-refractivity contribution in [3.05, 3.63) is 59.9 Å². The molecule has 0 bridgehead atoms. The summed E-state index contributed by atoms with van der Waals surface area (Å²) in [6.45, 7) is 6.31. The molecular formula is C24H26N4O4. The molecule has 0 atom stereocenters. The van der Waals surface area contributed by atoms with E-state index in [2.05, 4.69) is 35.6 Å². The van der Waals surface area contributed by atoms with Gasteiger partial charge < -0.3 is 19.7 Å². The Balaban J connectivity index is 2.05. The zero-order valence-corrected chi connectivity index (χ0v) is 18.5. The second-order valence-electron chi connectivity index (χ2n) is 8.62. The molecule has 3 aromatic rings. The van der Waals surface area contributed by atoms with Crippen molar-refractivity contribution >= 4 is 23.4 Å². The van der Waals surface area contributed by atoms with Gasteiger partial charge in [-0.25, -0.2) is 14.7 Å². The zero-order valence-electron chi connectivity index (χ0n) is 18.5. The first kappa shape index (κ1) is 21.4. The van der Waals surface area contributed by atoms with Crippen molar-refractivity contribution in [2.24, 2.45) is 0 Å². The highest BCUT2D eigenvalue weighted by atomic mass is 16.5. The number of rotatable bonds is 4. The number of methoxy groups -OCH3 is 1. The third kappa shape index (κ3) is 3.68. The molecule has 0 saturated carbocycles. The Bertz CT molecular complexity index is 1180. The number of aromatic nitrogens is 2. The second kappa shape index (κ2) is 8.03. The molecule has 2 aromatic heterocycles. The van der Waals surface area contributed by atoms with Crippen molar-refractivity contribution in [1.82, 2.24) is 14.5 Å². The van der Waals surface area contributed by atoms with Gasteiger partial charge in [-0.1, -0.05) is 18.2 Å². The van der Waals surface area contributed by atoms with E-state index in [0.717, 1.165) is 27.5 Å². The molecule has 0 fully saturated rings. The second-order valence-corrected chi connectivity index (χ2v) is 8.62. The maximum atomic E-state index is 13.4. The maximum Gasteiger partial charge on any atom is 0.414 e. The SMILES string of the molecule is COc1cc(-c2c(Nc3ccccc3)c3c(n2C(C)(C)C)CCN(C(=O)O)C3=O)ccn1. The first-order valence-electron chi connectivity index (χ1n) is 10.4. The molecule has 4 rings (SSSR count). The van der Waals surface area contributed by atoms with E-state index in [-0.39, 0.29) is 12.1 Å². The van der Waals surface area contributed by atoms with Crippen molar-refractivity contribution < 1.29 is 19.4 Å². The lowest BCUT2D eigenvalue weighted by atomic mass is 10.0. The Kier molecular flexibility index (Phi) is 5.38. The molecule has 8 nitrogen and oxygen atoms in total. The summed E-state index contributed by atoms with van der Waals surface area (Å²) in [4.78, 5) is 30.2. The average Bonchev–Trinajstić information content (AvgIpc) is 3.09. The molecule has 166 valence electrons. The summed E-state index contributed by atoms with van der Waals surface area (Å²) >= 11 is 0. The molecule has 2 amide bonds. The summed E-state index contributed by atoms with van der Waals surface area (Å²) in [6.07, 6.45) is 0.836. The number of carbonyl (C=O) groups is 2. The standard InChI is InChI=1S/C24H26N4O4/c1-24(2,3)28-17-11-13-27(23(30)31)22(29)19(17)20(26-16-8-6-5-7-9-16)21(28)15-10-12-25-18(14-15)32-4/h5-10,12,14,26H,11,13H2,1-4H3,(H,30,31). The molecular weight excluding hydrogens is 408 g/mol. The highest BCUT2D eigenvalue weighted by Crippen LogP contribution is 2.44. The number of nitrogens with zero attached hydrogens (tertiary/aromatic N) is 3. The third-order valence-corrected chi connectivity index (χ3v) is 5.46. The summed E-state index contributed by atoms with van der Waals surface area (Å²) in [6, 6.07) is 13.2. The number of nitrogens with one attached hydrogen (secondary N) is 1. The van der Waals surface area contributed by atoms with Crippen LogP contribution in [0.2, 0.25) is 0 Å². The molecule has 0 unspecified atom stereocenters. The molecule has 0 spiro atoms. The number of hydrogen-bond donors (Lipinski definition) is 2. The summed E-state index contributed by atoms with van der Waals surface area (Å²) in [5.41, 5.74) is 3.78. The van der Waals surface area contributed by atoms with Gasteiger partial charge in [0.1, 0.15) is 0 Å². The quantitative estimate of drug-likeness (QED) is 0.616. The first-order chi connectivity index (χ1) is 15.2. The molecule has 0 saturated heterocycles. The van der Waals surface area contributed by atoms with Gasteiger partial charge in [-0.05, 0) is 39.0 Å². The normalized spacial score (nSPS) is 13.6. The van der Waals surface area contributed by atoms with Crippen LogP contribution in [0.1, 0.15) is 36.8 Å². The number of para-hydroxylation sites is 1. The monoisotopic (exact) mass is 434 g/mol. The molecule has 1 aliphatic heterocycles. The van der Waals surface area contributed by atoms with Gasteiger partial charge >= 0.3 is 6.09 Å². The van der Waals surface area contributed by atoms with Crippen molar-refractivity contribution in [2.75, 3.05) is 19.0 Å². The fraction of sp³-hybridized carbons (Fsp3) is 0.292. The van der Waals surface area contributed by atoms with E-state index >= 15 is 0 Å². The average molecular weight is 434 g/mol. The van der Waals surface area contributed by atoms with Gasteiger partial charge in [0.15, 0.2) is 0 Å². The number of ether oxygens (including phenoxy) is 1. The summed E-state index contributed by atoms with van der Waals surface area (Å²) < 4.78 is 7.46. The minimum Gasteiger partial charge on any atom is -0.481 e. The van der Waals surface area contributed by atoms with Crippen LogP contribution in [0.25, 0.3) is 11.3 Å². The zero-order chi connectivity index (χ0) is 23.0. The van der Waals surface area contributed by atoms with Crippen molar-refractivity contribution in [3.63, 3.8) is 0 Å². The van der Waals surface area contributed by atoms with Gasteiger partial charge in [0, 0.05) is 47.7 Å². The minimum absolute atomic E-state index is 0.116. The number of fused-ring (bicyclic) bond motifs is 1. The lowest BCUT2D eigenvalue weighted by Gasteiger charge is -2.30. The summed E-state index contributed by atoms with van der Waals surface area (Å²) in [7, 11) is 1.55. The van der Waals surface area contributed by atoms with Crippen LogP contribution in [0.15, 0.2) is 48.7 Å². The van der Waals surface area contributed by atoms with Crippen LogP contribution in [0, 0.1) is 0 Å². The predicted octanol–water partition coefficient (Wildman–Crippen LogP) is 4.73. The van der Waals surface area contributed by atoms with E-state index in [1.807, 2.05) is 42.5 Å². The van der Waals surface area contributed by atoms with Crippen molar-refractivity contribution in [3.8, 4) is 17.1 Å². The maximum absolute atomic E-state index is 13.4. The van der Waals surface area contributed by atoms with Gasteiger partial charge in [-0.15, -0.1) is 0 Å². The van der Waals surface area contributed by atoms with Gasteiger partial charge in [-0.2, -0.15) is 0 Å². The number of carbonyl (C=O) groups excluding carboxylic acids is 1. The smallest absolute Gasteiger partial charge is 0.414 e. The fourth-order valence-corrected chi connectivity index (χ4v) is 4.19. The highest BCUT2D eigenvalue weighted by Gasteiger charge is 2.39. The first-order valence-corrected chi connectivity index (χ1v) is 10.4. The highest BCUT2D eigenvalue weighted by molar-refractivity contribution is 6.11. The lowest BCUT2D eigenvalue weighted by Crippen LogP contribution is -2.42. The molecule has 1 aromatic carbocycles. The molecule has 1 aliphatic rings. The van der Waals surface area contributed by atoms with Gasteiger partial charge in [0.25, 0.3) is 5.91 Å². The molecule has 8 heteroatoms. The number of carboxylic acid groups (broad SMARTS) is 1. The van der Waals surface area contributed by atoms with Crippen LogP contribution in [0.4, 0.5) is 16.2 Å². The number of anilines is 2. The van der Waals surface area contributed by atoms with Crippen molar-refractivity contribution in [1.29, 1.82) is 0 Å². The number of amides is 2. The van der Waals surface area contributed by atoms with Crippen LogP contribution in [-0.4, -0.2) is 45.2 Å². The summed E-state index contributed by atoms with van der Waals surface area (Å²) in [5, 5.41) is 13.0. The molecule has 0 radical (unpaired) electrons. The van der Waals surface area contributed by atoms with Crippen molar-refractivity contribution in [2.45, 2.75) is 32.7 Å². The Hall–Kier alpha value is -3.81. The predicted molar refractivity (Wildman–Crippen MR) is 122 cm³/mol. The van der Waals surface area contributed by atoms with Crippen LogP contribution in [0.3, 0.4) is 0 Å². The van der Waals surface area contributed by atoms with Crippen LogP contribution in [-0.2, 0) is 12.0 Å². The van der Waals surface area contributed by atoms with Gasteiger partial charge in [0.05, 0.1) is 24.1 Å². The minimum atomic E-state index is -1.25. The van der Waals surface area contributed by atoms with E-state index < -0.39 is 12.0 Å². The van der Waals surface area contributed by atoms with Gasteiger partial charge in [-0.3, -0.25) is 4.79 Å². The number of hydrogen-bond acceptors (Lipinski definition) is 5. The Morgan fingerprint density at radius 3 is 2.53 bits per heavy atom. The van der Waals surface area contributed by atoms with Gasteiger partial charge in [0.2, 0.25) is 5.88 Å². The van der Waals surface area contributed by atoms with E-state index in [0.29, 0.717) is 23.6 Å². The fourth-order valence-electron chi connectivity index (χ4n) is 4.19. The molecule has 32 heavy (non-hydrogen) atoms. The Morgan fingerprint density at radius 2 is 1.91 bits per heavy atom. The third-order valence-electron chi connectivity index (χ3n) is 5.46. The Labute approximate surface area is 186 Å². The number of benzene rings is 1. The number of pyridine rings is 1. The van der Waals surface area contributed by atoms with Crippen LogP contribution >= 0.6 is 0 Å². The van der Waals surface area contributed by atoms with E-state index in [9.17, 15) is 14.7 Å². The molecule has 0 aliphatic carbocycles. The molecule has 2 N–H and O–H groups in total. The van der Waals surface area contributed by atoms with Crippen LogP contribution < -0.4 is 10.1 Å². The van der Waals surface area contributed by atoms with Crippen LogP contribution in [0.5, 0.6) is 5.88 Å². The van der Waals surface area contributed by atoms with E-state index in [1.54, 1.807) is 13.3 Å². The lowest BCUT2D eigenvalue weighted by molar-refractivity contribution is 0.0725. The molecule has 3 heterocycles.